The molecule has 29 heavy (non-hydrogen) atoms. The number of carbonyl (C=O) groups is 3. The largest absolute Gasteiger partial charge is 0.481 e. The Bertz CT molecular complexity index is 873. The van der Waals surface area contributed by atoms with Crippen LogP contribution in [0.15, 0.2) is 54.6 Å². The van der Waals surface area contributed by atoms with Crippen LogP contribution >= 0.6 is 0 Å². The molecule has 1 amide bonds. The summed E-state index contributed by atoms with van der Waals surface area (Å²) in [7, 11) is 1.89. The standard InChI is InChI=1S/C22H24N2O5/c1-24(14-15-25)19-9-2-16(3-10-19)4-11-20(26)17-5-7-18(8-6-17)23-21(27)12-13-22(28)29/h2-11,25H,12-15H2,1H3,(H,23,27)(H,28,29)/b11-4+. The first-order valence-electron chi connectivity index (χ1n) is 9.15. The van der Waals surface area contributed by atoms with Gasteiger partial charge in [-0.3, -0.25) is 14.4 Å². The molecular formula is C22H24N2O5. The second-order valence-corrected chi connectivity index (χ2v) is 6.45. The number of amides is 1. The first-order valence-corrected chi connectivity index (χ1v) is 9.15. The summed E-state index contributed by atoms with van der Waals surface area (Å²) in [5.74, 6) is -1.59. The van der Waals surface area contributed by atoms with Crippen LogP contribution in [0.4, 0.5) is 11.4 Å². The lowest BCUT2D eigenvalue weighted by Gasteiger charge is -2.17. The van der Waals surface area contributed by atoms with Gasteiger partial charge in [0.1, 0.15) is 0 Å². The molecular weight excluding hydrogens is 372 g/mol. The quantitative estimate of drug-likeness (QED) is 0.421. The molecule has 0 atom stereocenters. The molecule has 2 rings (SSSR count). The molecule has 3 N–H and O–H groups in total. The summed E-state index contributed by atoms with van der Waals surface area (Å²) in [4.78, 5) is 36.4. The molecule has 152 valence electrons. The van der Waals surface area contributed by atoms with Crippen LogP contribution in [0.5, 0.6) is 0 Å². The number of hydrogen-bond donors (Lipinski definition) is 3. The highest BCUT2D eigenvalue weighted by molar-refractivity contribution is 6.07. The number of anilines is 2. The predicted molar refractivity (Wildman–Crippen MR) is 112 cm³/mol. The van der Waals surface area contributed by atoms with Crippen LogP contribution in [0.2, 0.25) is 0 Å². The van der Waals surface area contributed by atoms with Crippen LogP contribution < -0.4 is 10.2 Å². The summed E-state index contributed by atoms with van der Waals surface area (Å²) < 4.78 is 0. The maximum Gasteiger partial charge on any atom is 0.303 e. The van der Waals surface area contributed by atoms with E-state index in [2.05, 4.69) is 5.32 Å². The average Bonchev–Trinajstić information content (AvgIpc) is 2.71. The summed E-state index contributed by atoms with van der Waals surface area (Å²) >= 11 is 0. The SMILES string of the molecule is CN(CCO)c1ccc(/C=C/C(=O)c2ccc(NC(=O)CCC(=O)O)cc2)cc1. The van der Waals surface area contributed by atoms with Gasteiger partial charge in [-0.15, -0.1) is 0 Å². The minimum atomic E-state index is -1.03. The van der Waals surface area contributed by atoms with Gasteiger partial charge < -0.3 is 20.4 Å². The van der Waals surface area contributed by atoms with E-state index in [1.807, 2.05) is 36.2 Å². The average molecular weight is 396 g/mol. The zero-order valence-corrected chi connectivity index (χ0v) is 16.2. The number of hydrogen-bond acceptors (Lipinski definition) is 5. The monoisotopic (exact) mass is 396 g/mol. The predicted octanol–water partition coefficient (Wildman–Crippen LogP) is 2.81. The molecule has 0 bridgehead atoms. The summed E-state index contributed by atoms with van der Waals surface area (Å²) in [6.45, 7) is 0.626. The van der Waals surface area contributed by atoms with Gasteiger partial charge in [0, 0.05) is 37.0 Å². The lowest BCUT2D eigenvalue weighted by Crippen LogP contribution is -2.20. The number of aliphatic hydroxyl groups is 1. The molecule has 0 aromatic heterocycles. The van der Waals surface area contributed by atoms with Crippen LogP contribution in [-0.2, 0) is 9.59 Å². The van der Waals surface area contributed by atoms with Gasteiger partial charge in [0.25, 0.3) is 0 Å². The number of allylic oxidation sites excluding steroid dienone is 1. The molecule has 7 heteroatoms. The van der Waals surface area contributed by atoms with Gasteiger partial charge in [0.05, 0.1) is 13.0 Å². The second-order valence-electron chi connectivity index (χ2n) is 6.45. The highest BCUT2D eigenvalue weighted by Gasteiger charge is 2.07. The van der Waals surface area contributed by atoms with E-state index in [-0.39, 0.29) is 31.1 Å². The zero-order valence-electron chi connectivity index (χ0n) is 16.2. The van der Waals surface area contributed by atoms with Crippen molar-refractivity contribution in [1.82, 2.24) is 0 Å². The molecule has 7 nitrogen and oxygen atoms in total. The number of aliphatic hydroxyl groups excluding tert-OH is 1. The van der Waals surface area contributed by atoms with E-state index in [0.29, 0.717) is 17.8 Å². The molecule has 0 spiro atoms. The van der Waals surface area contributed by atoms with Crippen molar-refractivity contribution in [2.24, 2.45) is 0 Å². The zero-order chi connectivity index (χ0) is 21.2. The fourth-order valence-corrected chi connectivity index (χ4v) is 2.55. The Morgan fingerprint density at radius 1 is 1.00 bits per heavy atom. The molecule has 0 unspecified atom stereocenters. The van der Waals surface area contributed by atoms with Crippen LogP contribution in [-0.4, -0.2) is 48.1 Å². The van der Waals surface area contributed by atoms with E-state index in [9.17, 15) is 14.4 Å². The maximum atomic E-state index is 12.3. The fourth-order valence-electron chi connectivity index (χ4n) is 2.55. The van der Waals surface area contributed by atoms with E-state index >= 15 is 0 Å². The third-order valence-electron chi connectivity index (χ3n) is 4.22. The molecule has 0 saturated heterocycles. The van der Waals surface area contributed by atoms with Crippen LogP contribution in [0.1, 0.15) is 28.8 Å². The number of likely N-dealkylation sites (N-methyl/N-ethyl adjacent to an activating group) is 1. The van der Waals surface area contributed by atoms with Crippen molar-refractivity contribution in [3.63, 3.8) is 0 Å². The number of benzene rings is 2. The van der Waals surface area contributed by atoms with Gasteiger partial charge >= 0.3 is 5.97 Å². The maximum absolute atomic E-state index is 12.3. The summed E-state index contributed by atoms with van der Waals surface area (Å²) in [5, 5.41) is 20.2. The van der Waals surface area contributed by atoms with E-state index in [0.717, 1.165) is 11.3 Å². The number of nitrogens with one attached hydrogen (secondary N) is 1. The van der Waals surface area contributed by atoms with Crippen molar-refractivity contribution in [1.29, 1.82) is 0 Å². The van der Waals surface area contributed by atoms with Gasteiger partial charge in [0.15, 0.2) is 5.78 Å². The number of aliphatic carboxylic acids is 1. The normalized spacial score (nSPS) is 10.7. The number of nitrogens with zero attached hydrogens (tertiary/aromatic N) is 1. The van der Waals surface area contributed by atoms with E-state index in [1.54, 1.807) is 30.3 Å². The summed E-state index contributed by atoms with van der Waals surface area (Å²) in [6.07, 6.45) is 2.87. The Hall–Kier alpha value is -3.45. The summed E-state index contributed by atoms with van der Waals surface area (Å²) in [6, 6.07) is 14.0. The number of carbonyl (C=O) groups excluding carboxylic acids is 2. The number of ketones is 1. The van der Waals surface area contributed by atoms with Crippen molar-refractivity contribution in [3.8, 4) is 0 Å². The Morgan fingerprint density at radius 2 is 1.66 bits per heavy atom. The van der Waals surface area contributed by atoms with Crippen molar-refractivity contribution < 1.29 is 24.6 Å². The molecule has 2 aromatic rings. The smallest absolute Gasteiger partial charge is 0.303 e. The van der Waals surface area contributed by atoms with Gasteiger partial charge in [-0.05, 0) is 48.0 Å². The van der Waals surface area contributed by atoms with Crippen LogP contribution in [0.3, 0.4) is 0 Å². The second kappa shape index (κ2) is 10.8. The third kappa shape index (κ3) is 7.23. The molecule has 2 aromatic carbocycles. The van der Waals surface area contributed by atoms with Crippen LogP contribution in [0, 0.1) is 0 Å². The number of carboxylic acid groups (broad SMARTS) is 1. The molecule has 0 aliphatic rings. The molecule has 0 radical (unpaired) electrons. The first-order chi connectivity index (χ1) is 13.9. The molecule has 0 saturated carbocycles. The van der Waals surface area contributed by atoms with Crippen molar-refractivity contribution in [2.45, 2.75) is 12.8 Å². The Balaban J connectivity index is 1.93. The Kier molecular flexibility index (Phi) is 8.12. The first kappa shape index (κ1) is 21.8. The lowest BCUT2D eigenvalue weighted by molar-refractivity contribution is -0.138. The van der Waals surface area contributed by atoms with Gasteiger partial charge in [-0.1, -0.05) is 18.2 Å². The number of carboxylic acids is 1. The Labute approximate surface area is 169 Å². The molecule has 0 aliphatic carbocycles. The number of rotatable bonds is 10. The minimum Gasteiger partial charge on any atom is -0.481 e. The Morgan fingerprint density at radius 3 is 2.24 bits per heavy atom. The van der Waals surface area contributed by atoms with Crippen molar-refractivity contribution in [3.05, 3.63) is 65.7 Å². The minimum absolute atomic E-state index is 0.0808. The van der Waals surface area contributed by atoms with E-state index < -0.39 is 5.97 Å². The van der Waals surface area contributed by atoms with Crippen molar-refractivity contribution in [2.75, 3.05) is 30.4 Å². The van der Waals surface area contributed by atoms with E-state index in [4.69, 9.17) is 10.2 Å². The highest BCUT2D eigenvalue weighted by atomic mass is 16.4. The van der Waals surface area contributed by atoms with Crippen molar-refractivity contribution >= 4 is 35.1 Å². The van der Waals surface area contributed by atoms with Gasteiger partial charge in [0.2, 0.25) is 5.91 Å². The van der Waals surface area contributed by atoms with Crippen LogP contribution in [0.25, 0.3) is 6.08 Å². The fraction of sp³-hybridized carbons (Fsp3) is 0.227. The van der Waals surface area contributed by atoms with E-state index in [1.165, 1.54) is 6.08 Å². The van der Waals surface area contributed by atoms with Gasteiger partial charge in [-0.25, -0.2) is 0 Å². The molecule has 0 heterocycles. The molecule has 0 fully saturated rings. The lowest BCUT2D eigenvalue weighted by atomic mass is 10.1. The third-order valence-corrected chi connectivity index (χ3v) is 4.22. The summed E-state index contributed by atoms with van der Waals surface area (Å²) in [5.41, 5.74) is 2.83. The molecule has 0 aliphatic heterocycles. The highest BCUT2D eigenvalue weighted by Crippen LogP contribution is 2.15. The van der Waals surface area contributed by atoms with Gasteiger partial charge in [-0.2, -0.15) is 0 Å². The topological polar surface area (TPSA) is 107 Å².